The second-order valence-electron chi connectivity index (χ2n) is 4.78. The number of aryl methyl sites for hydroxylation is 2. The normalized spacial score (nSPS) is 20.6. The molecule has 1 aromatic heterocycles. The summed E-state index contributed by atoms with van der Waals surface area (Å²) < 4.78 is 1.98. The van der Waals surface area contributed by atoms with Gasteiger partial charge in [-0.3, -0.25) is 9.58 Å². The van der Waals surface area contributed by atoms with Crippen LogP contribution < -0.4 is 5.32 Å². The topological polar surface area (TPSA) is 33.1 Å². The number of likely N-dealkylation sites (tertiary alicyclic amines) is 1. The summed E-state index contributed by atoms with van der Waals surface area (Å²) >= 11 is 0. The van der Waals surface area contributed by atoms with Gasteiger partial charge in [0, 0.05) is 44.0 Å². The Labute approximate surface area is 110 Å². The Balaban J connectivity index is 0.00000144. The highest BCUT2D eigenvalue weighted by molar-refractivity contribution is 5.85. The molecule has 1 unspecified atom stereocenters. The van der Waals surface area contributed by atoms with Gasteiger partial charge in [0.1, 0.15) is 0 Å². The summed E-state index contributed by atoms with van der Waals surface area (Å²) in [5.74, 6) is 0. The molecule has 1 aliphatic rings. The molecule has 4 nitrogen and oxygen atoms in total. The fraction of sp³-hybridized carbons (Fsp3) is 0.750. The third kappa shape index (κ3) is 3.00. The lowest BCUT2D eigenvalue weighted by molar-refractivity contribution is 0.321. The van der Waals surface area contributed by atoms with Crippen LogP contribution >= 0.6 is 12.4 Å². The van der Waals surface area contributed by atoms with Crippen molar-refractivity contribution in [1.29, 1.82) is 0 Å². The van der Waals surface area contributed by atoms with E-state index in [-0.39, 0.29) is 12.4 Å². The van der Waals surface area contributed by atoms with Gasteiger partial charge in [-0.25, -0.2) is 0 Å². The van der Waals surface area contributed by atoms with Crippen LogP contribution in [0.15, 0.2) is 0 Å². The average molecular weight is 259 g/mol. The Morgan fingerprint density at radius 2 is 2.12 bits per heavy atom. The summed E-state index contributed by atoms with van der Waals surface area (Å²) in [5.41, 5.74) is 3.87. The molecule has 0 saturated carbocycles. The molecular weight excluding hydrogens is 236 g/mol. The van der Waals surface area contributed by atoms with Gasteiger partial charge in [-0.05, 0) is 27.3 Å². The van der Waals surface area contributed by atoms with E-state index in [0.717, 1.165) is 13.1 Å². The van der Waals surface area contributed by atoms with Crippen LogP contribution in [0.25, 0.3) is 0 Å². The van der Waals surface area contributed by atoms with Crippen LogP contribution in [0, 0.1) is 13.8 Å². The van der Waals surface area contributed by atoms with Gasteiger partial charge in [0.05, 0.1) is 5.69 Å². The number of nitrogens with one attached hydrogen (secondary N) is 1. The maximum Gasteiger partial charge on any atom is 0.0641 e. The van der Waals surface area contributed by atoms with Crippen molar-refractivity contribution < 1.29 is 0 Å². The summed E-state index contributed by atoms with van der Waals surface area (Å²) in [6, 6.07) is 0.664. The molecule has 98 valence electrons. The molecule has 0 radical (unpaired) electrons. The number of hydrogen-bond acceptors (Lipinski definition) is 3. The number of aromatic nitrogens is 2. The lowest BCUT2D eigenvalue weighted by atomic mass is 10.2. The lowest BCUT2D eigenvalue weighted by Crippen LogP contribution is -2.29. The molecule has 1 atom stereocenters. The van der Waals surface area contributed by atoms with E-state index < -0.39 is 0 Å². The van der Waals surface area contributed by atoms with E-state index in [1.807, 2.05) is 11.7 Å². The second-order valence-corrected chi connectivity index (χ2v) is 4.78. The quantitative estimate of drug-likeness (QED) is 0.886. The Morgan fingerprint density at radius 3 is 2.59 bits per heavy atom. The smallest absolute Gasteiger partial charge is 0.0641 e. The zero-order chi connectivity index (χ0) is 11.7. The number of rotatable bonds is 3. The average Bonchev–Trinajstić information content (AvgIpc) is 2.80. The molecule has 0 spiro atoms. The van der Waals surface area contributed by atoms with Crippen molar-refractivity contribution in [2.45, 2.75) is 32.9 Å². The SMILES string of the molecule is CNC1CCN(Cc2c(C)nn(C)c2C)C1.Cl. The van der Waals surface area contributed by atoms with Crippen molar-refractivity contribution in [3.8, 4) is 0 Å². The molecule has 0 aromatic carbocycles. The zero-order valence-electron chi connectivity index (χ0n) is 11.2. The van der Waals surface area contributed by atoms with Crippen LogP contribution in [-0.2, 0) is 13.6 Å². The molecule has 2 heterocycles. The Kier molecular flexibility index (Phi) is 4.98. The van der Waals surface area contributed by atoms with Crippen molar-refractivity contribution >= 4 is 12.4 Å². The van der Waals surface area contributed by atoms with Crippen molar-refractivity contribution in [2.24, 2.45) is 7.05 Å². The first-order valence-electron chi connectivity index (χ1n) is 6.00. The fourth-order valence-electron chi connectivity index (χ4n) is 2.48. The minimum Gasteiger partial charge on any atom is -0.316 e. The fourth-order valence-corrected chi connectivity index (χ4v) is 2.48. The van der Waals surface area contributed by atoms with Crippen molar-refractivity contribution in [3.05, 3.63) is 17.0 Å². The standard InChI is InChI=1S/C12H22N4.ClH/c1-9-12(10(2)15(4)14-9)8-16-6-5-11(7-16)13-3;/h11,13H,5-8H2,1-4H3;1H. The molecule has 1 N–H and O–H groups in total. The van der Waals surface area contributed by atoms with Crippen LogP contribution in [0.1, 0.15) is 23.4 Å². The molecule has 5 heteroatoms. The highest BCUT2D eigenvalue weighted by atomic mass is 35.5. The van der Waals surface area contributed by atoms with E-state index in [2.05, 4.69) is 36.2 Å². The van der Waals surface area contributed by atoms with E-state index in [1.165, 1.54) is 29.9 Å². The van der Waals surface area contributed by atoms with Crippen molar-refractivity contribution in [1.82, 2.24) is 20.0 Å². The van der Waals surface area contributed by atoms with Gasteiger partial charge >= 0.3 is 0 Å². The van der Waals surface area contributed by atoms with Gasteiger partial charge < -0.3 is 5.32 Å². The van der Waals surface area contributed by atoms with Gasteiger partial charge in [0.25, 0.3) is 0 Å². The molecule has 0 aliphatic carbocycles. The molecular formula is C12H23ClN4. The third-order valence-electron chi connectivity index (χ3n) is 3.72. The molecule has 1 fully saturated rings. The minimum absolute atomic E-state index is 0. The highest BCUT2D eigenvalue weighted by Crippen LogP contribution is 2.18. The first-order valence-corrected chi connectivity index (χ1v) is 6.00. The van der Waals surface area contributed by atoms with Gasteiger partial charge in [-0.1, -0.05) is 0 Å². The lowest BCUT2D eigenvalue weighted by Gasteiger charge is -2.16. The maximum absolute atomic E-state index is 4.47. The van der Waals surface area contributed by atoms with Gasteiger partial charge in [-0.15, -0.1) is 12.4 Å². The van der Waals surface area contributed by atoms with Crippen LogP contribution in [0.2, 0.25) is 0 Å². The number of likely N-dealkylation sites (N-methyl/N-ethyl adjacent to an activating group) is 1. The molecule has 0 bridgehead atoms. The number of nitrogens with zero attached hydrogens (tertiary/aromatic N) is 3. The predicted octanol–water partition coefficient (Wildman–Crippen LogP) is 1.25. The zero-order valence-corrected chi connectivity index (χ0v) is 12.0. The molecule has 17 heavy (non-hydrogen) atoms. The second kappa shape index (κ2) is 5.85. The maximum atomic E-state index is 4.47. The summed E-state index contributed by atoms with van der Waals surface area (Å²) in [6.45, 7) is 7.65. The minimum atomic E-state index is 0. The third-order valence-corrected chi connectivity index (χ3v) is 3.72. The van der Waals surface area contributed by atoms with Crippen molar-refractivity contribution in [3.63, 3.8) is 0 Å². The van der Waals surface area contributed by atoms with Crippen LogP contribution in [0.4, 0.5) is 0 Å². The molecule has 2 rings (SSSR count). The van der Waals surface area contributed by atoms with E-state index in [0.29, 0.717) is 6.04 Å². The highest BCUT2D eigenvalue weighted by Gasteiger charge is 2.22. The molecule has 1 saturated heterocycles. The van der Waals surface area contributed by atoms with Gasteiger partial charge in [0.15, 0.2) is 0 Å². The van der Waals surface area contributed by atoms with Crippen LogP contribution in [0.5, 0.6) is 0 Å². The Hall–Kier alpha value is -0.580. The monoisotopic (exact) mass is 258 g/mol. The molecule has 0 amide bonds. The van der Waals surface area contributed by atoms with Gasteiger partial charge in [-0.2, -0.15) is 5.10 Å². The Bertz CT molecular complexity index is 375. The Morgan fingerprint density at radius 1 is 1.41 bits per heavy atom. The van der Waals surface area contributed by atoms with E-state index in [9.17, 15) is 0 Å². The largest absolute Gasteiger partial charge is 0.316 e. The first-order chi connectivity index (χ1) is 7.61. The summed E-state index contributed by atoms with van der Waals surface area (Å²) in [5, 5.41) is 7.82. The van der Waals surface area contributed by atoms with E-state index in [1.54, 1.807) is 0 Å². The molecule has 1 aromatic rings. The molecule has 1 aliphatic heterocycles. The van der Waals surface area contributed by atoms with Crippen LogP contribution in [-0.4, -0.2) is 40.9 Å². The summed E-state index contributed by atoms with van der Waals surface area (Å²) in [6.07, 6.45) is 1.26. The summed E-state index contributed by atoms with van der Waals surface area (Å²) in [4.78, 5) is 2.51. The van der Waals surface area contributed by atoms with Crippen LogP contribution in [0.3, 0.4) is 0 Å². The predicted molar refractivity (Wildman–Crippen MR) is 72.7 cm³/mol. The van der Waals surface area contributed by atoms with E-state index in [4.69, 9.17) is 0 Å². The van der Waals surface area contributed by atoms with Crippen molar-refractivity contribution in [2.75, 3.05) is 20.1 Å². The summed E-state index contributed by atoms with van der Waals surface area (Å²) in [7, 11) is 4.07. The number of hydrogen-bond donors (Lipinski definition) is 1. The van der Waals surface area contributed by atoms with Gasteiger partial charge in [0.2, 0.25) is 0 Å². The van der Waals surface area contributed by atoms with E-state index >= 15 is 0 Å². The number of halogens is 1. The first kappa shape index (κ1) is 14.5.